The second-order valence-electron chi connectivity index (χ2n) is 6.91. The summed E-state index contributed by atoms with van der Waals surface area (Å²) in [6.07, 6.45) is 8.16. The molecule has 5 nitrogen and oxygen atoms in total. The Balaban J connectivity index is 1.71. The van der Waals surface area contributed by atoms with Gasteiger partial charge in [-0.25, -0.2) is 0 Å². The van der Waals surface area contributed by atoms with Crippen LogP contribution in [0, 0.1) is 0 Å². The number of amides is 1. The lowest BCUT2D eigenvalue weighted by Crippen LogP contribution is -2.46. The fourth-order valence-electron chi connectivity index (χ4n) is 3.90. The highest BCUT2D eigenvalue weighted by Gasteiger charge is 2.27. The van der Waals surface area contributed by atoms with Crippen LogP contribution in [-0.4, -0.2) is 66.0 Å². The van der Waals surface area contributed by atoms with E-state index in [0.717, 1.165) is 69.8 Å². The smallest absolute Gasteiger partial charge is 0.255 e. The minimum atomic E-state index is 0.156. The molecule has 0 aliphatic carbocycles. The normalized spacial score (nSPS) is 22.7. The lowest BCUT2D eigenvalue weighted by molar-refractivity contribution is 0.0607. The monoisotopic (exact) mass is 330 g/mol. The molecule has 0 radical (unpaired) electrons. The Morgan fingerprint density at radius 1 is 1.12 bits per heavy atom. The van der Waals surface area contributed by atoms with E-state index in [9.17, 15) is 4.79 Å². The van der Waals surface area contributed by atoms with Gasteiger partial charge in [0.05, 0.1) is 17.4 Å². The van der Waals surface area contributed by atoms with E-state index >= 15 is 0 Å². The maximum atomic E-state index is 13.0. The molecule has 2 saturated heterocycles. The molecule has 0 bridgehead atoms. The first-order valence-corrected chi connectivity index (χ1v) is 9.46. The highest BCUT2D eigenvalue weighted by Crippen LogP contribution is 2.23. The molecular formula is C19H30N4O. The van der Waals surface area contributed by atoms with Gasteiger partial charge >= 0.3 is 0 Å². The Morgan fingerprint density at radius 3 is 2.62 bits per heavy atom. The summed E-state index contributed by atoms with van der Waals surface area (Å²) in [5, 5.41) is 0. The molecule has 1 atom stereocenters. The van der Waals surface area contributed by atoms with E-state index in [1.807, 2.05) is 12.3 Å². The fraction of sp³-hybridized carbons (Fsp3) is 0.684. The third-order valence-corrected chi connectivity index (χ3v) is 5.51. The van der Waals surface area contributed by atoms with Crippen LogP contribution in [0.15, 0.2) is 18.5 Å². The molecular weight excluding hydrogens is 300 g/mol. The van der Waals surface area contributed by atoms with Gasteiger partial charge in [-0.15, -0.1) is 0 Å². The number of carbonyl (C=O) groups is 1. The van der Waals surface area contributed by atoms with E-state index in [1.165, 1.54) is 6.42 Å². The zero-order valence-electron chi connectivity index (χ0n) is 15.1. The molecule has 2 aliphatic heterocycles. The Morgan fingerprint density at radius 2 is 1.92 bits per heavy atom. The number of carbonyl (C=O) groups excluding carboxylic acids is 1. The predicted molar refractivity (Wildman–Crippen MR) is 97.5 cm³/mol. The largest absolute Gasteiger partial charge is 0.368 e. The van der Waals surface area contributed by atoms with E-state index in [4.69, 9.17) is 0 Å². The number of likely N-dealkylation sites (N-methyl/N-ethyl adjacent to an activating group) is 1. The van der Waals surface area contributed by atoms with Gasteiger partial charge in [0, 0.05) is 45.0 Å². The third-order valence-electron chi connectivity index (χ3n) is 5.51. The molecule has 2 fully saturated rings. The highest BCUT2D eigenvalue weighted by molar-refractivity contribution is 5.95. The van der Waals surface area contributed by atoms with E-state index in [2.05, 4.69) is 33.5 Å². The van der Waals surface area contributed by atoms with Crippen LogP contribution in [0.1, 0.15) is 49.9 Å². The molecule has 0 saturated carbocycles. The zero-order valence-corrected chi connectivity index (χ0v) is 15.1. The lowest BCUT2D eigenvalue weighted by atomic mass is 9.99. The molecule has 1 unspecified atom stereocenters. The maximum absolute atomic E-state index is 13.0. The molecule has 5 heteroatoms. The second-order valence-corrected chi connectivity index (χ2v) is 6.91. The molecule has 132 valence electrons. The summed E-state index contributed by atoms with van der Waals surface area (Å²) in [6, 6.07) is 2.43. The number of aromatic nitrogens is 1. The number of piperazine rings is 1. The number of anilines is 1. The fourth-order valence-corrected chi connectivity index (χ4v) is 3.90. The molecule has 2 aliphatic rings. The van der Waals surface area contributed by atoms with E-state index < -0.39 is 0 Å². The van der Waals surface area contributed by atoms with Crippen LogP contribution in [0.3, 0.4) is 0 Å². The van der Waals surface area contributed by atoms with E-state index in [1.54, 1.807) is 6.20 Å². The van der Waals surface area contributed by atoms with Crippen LogP contribution in [0.5, 0.6) is 0 Å². The van der Waals surface area contributed by atoms with E-state index in [-0.39, 0.29) is 5.91 Å². The number of hydrogen-bond donors (Lipinski definition) is 0. The van der Waals surface area contributed by atoms with Crippen molar-refractivity contribution in [3.05, 3.63) is 24.0 Å². The van der Waals surface area contributed by atoms with Crippen molar-refractivity contribution < 1.29 is 4.79 Å². The van der Waals surface area contributed by atoms with Gasteiger partial charge < -0.3 is 14.7 Å². The Labute approximate surface area is 145 Å². The summed E-state index contributed by atoms with van der Waals surface area (Å²) >= 11 is 0. The highest BCUT2D eigenvalue weighted by atomic mass is 16.2. The lowest BCUT2D eigenvalue weighted by Gasteiger charge is -2.36. The van der Waals surface area contributed by atoms with Gasteiger partial charge in [0.25, 0.3) is 5.91 Å². The first-order chi connectivity index (χ1) is 11.7. The second kappa shape index (κ2) is 7.97. The molecule has 1 aromatic rings. The number of piperidine rings is 1. The van der Waals surface area contributed by atoms with Gasteiger partial charge in [0.15, 0.2) is 0 Å². The molecule has 1 aromatic heterocycles. The van der Waals surface area contributed by atoms with Crippen molar-refractivity contribution in [1.29, 1.82) is 0 Å². The van der Waals surface area contributed by atoms with Gasteiger partial charge in [0.2, 0.25) is 0 Å². The van der Waals surface area contributed by atoms with Crippen LogP contribution in [0.25, 0.3) is 0 Å². The van der Waals surface area contributed by atoms with Crippen molar-refractivity contribution in [2.24, 2.45) is 0 Å². The van der Waals surface area contributed by atoms with Crippen molar-refractivity contribution >= 4 is 11.6 Å². The average molecular weight is 330 g/mol. The van der Waals surface area contributed by atoms with Crippen molar-refractivity contribution in [3.63, 3.8) is 0 Å². The van der Waals surface area contributed by atoms with Crippen LogP contribution in [0.2, 0.25) is 0 Å². The summed E-state index contributed by atoms with van der Waals surface area (Å²) < 4.78 is 0. The molecule has 3 rings (SSSR count). The average Bonchev–Trinajstić information content (AvgIpc) is 2.67. The molecule has 1 amide bonds. The van der Waals surface area contributed by atoms with Crippen molar-refractivity contribution in [3.8, 4) is 0 Å². The molecule has 24 heavy (non-hydrogen) atoms. The van der Waals surface area contributed by atoms with Crippen LogP contribution >= 0.6 is 0 Å². The van der Waals surface area contributed by atoms with Gasteiger partial charge in [-0.05, 0) is 38.3 Å². The minimum Gasteiger partial charge on any atom is -0.368 e. The van der Waals surface area contributed by atoms with Crippen LogP contribution in [0.4, 0.5) is 5.69 Å². The first kappa shape index (κ1) is 17.2. The Hall–Kier alpha value is -1.62. The quantitative estimate of drug-likeness (QED) is 0.851. The van der Waals surface area contributed by atoms with Crippen LogP contribution < -0.4 is 4.90 Å². The molecule has 0 aromatic carbocycles. The van der Waals surface area contributed by atoms with Gasteiger partial charge in [-0.2, -0.15) is 0 Å². The number of hydrogen-bond acceptors (Lipinski definition) is 4. The number of pyridine rings is 1. The molecule has 3 heterocycles. The summed E-state index contributed by atoms with van der Waals surface area (Å²) in [7, 11) is 0. The number of rotatable bonds is 4. The maximum Gasteiger partial charge on any atom is 0.255 e. The summed E-state index contributed by atoms with van der Waals surface area (Å²) in [5.41, 5.74) is 1.83. The van der Waals surface area contributed by atoms with Gasteiger partial charge in [-0.3, -0.25) is 9.78 Å². The molecule has 0 N–H and O–H groups in total. The third kappa shape index (κ3) is 3.72. The summed E-state index contributed by atoms with van der Waals surface area (Å²) in [4.78, 5) is 24.2. The Bertz CT molecular complexity index is 554. The summed E-state index contributed by atoms with van der Waals surface area (Å²) in [5.74, 6) is 0.156. The SMILES string of the molecule is CCC1CCCCN1C(=O)c1cncc(N2CCN(CC)CC2)c1. The van der Waals surface area contributed by atoms with E-state index in [0.29, 0.717) is 6.04 Å². The van der Waals surface area contributed by atoms with Crippen molar-refractivity contribution in [1.82, 2.24) is 14.8 Å². The summed E-state index contributed by atoms with van der Waals surface area (Å²) in [6.45, 7) is 10.6. The minimum absolute atomic E-state index is 0.156. The Kier molecular flexibility index (Phi) is 5.72. The number of nitrogens with zero attached hydrogens (tertiary/aromatic N) is 4. The van der Waals surface area contributed by atoms with Gasteiger partial charge in [0.1, 0.15) is 0 Å². The van der Waals surface area contributed by atoms with Crippen LogP contribution in [-0.2, 0) is 0 Å². The van der Waals surface area contributed by atoms with Crippen molar-refractivity contribution in [2.45, 2.75) is 45.6 Å². The van der Waals surface area contributed by atoms with Crippen molar-refractivity contribution in [2.75, 3.05) is 44.2 Å². The topological polar surface area (TPSA) is 39.7 Å². The standard InChI is InChI=1S/C19H30N4O/c1-3-17-7-5-6-8-23(17)19(24)16-13-18(15-20-14-16)22-11-9-21(4-2)10-12-22/h13-15,17H,3-12H2,1-2H3. The van der Waals surface area contributed by atoms with Gasteiger partial charge in [-0.1, -0.05) is 13.8 Å². The first-order valence-electron chi connectivity index (χ1n) is 9.46. The molecule has 0 spiro atoms. The predicted octanol–water partition coefficient (Wildman–Crippen LogP) is 2.63. The zero-order chi connectivity index (χ0) is 16.9. The number of likely N-dealkylation sites (tertiary alicyclic amines) is 1.